The van der Waals surface area contributed by atoms with Gasteiger partial charge in [-0.25, -0.2) is 13.2 Å². The van der Waals surface area contributed by atoms with Crippen molar-refractivity contribution in [3.63, 3.8) is 0 Å². The normalized spacial score (nSPS) is 12.2. The molecule has 0 aliphatic carbocycles. The highest BCUT2D eigenvalue weighted by Crippen LogP contribution is 2.23. The number of carbonyl (C=O) groups is 1. The third kappa shape index (κ3) is 5.38. The van der Waals surface area contributed by atoms with Crippen LogP contribution in [0.4, 0.5) is 5.69 Å². The summed E-state index contributed by atoms with van der Waals surface area (Å²) in [5, 5.41) is 8.83. The van der Waals surface area contributed by atoms with Gasteiger partial charge in [0.15, 0.2) is 0 Å². The van der Waals surface area contributed by atoms with E-state index in [0.717, 1.165) is 0 Å². The topological polar surface area (TPSA) is 83.5 Å². The molecule has 0 amide bonds. The number of hydrogen-bond donors (Lipinski definition) is 2. The summed E-state index contributed by atoms with van der Waals surface area (Å²) >= 11 is 5.79. The van der Waals surface area contributed by atoms with E-state index in [1.807, 2.05) is 20.8 Å². The summed E-state index contributed by atoms with van der Waals surface area (Å²) < 4.78 is 26.2. The van der Waals surface area contributed by atoms with Crippen molar-refractivity contribution in [2.24, 2.45) is 5.41 Å². The molecule has 0 aliphatic rings. The molecule has 0 saturated carbocycles. The number of halogens is 1. The molecule has 1 rings (SSSR count). The molecule has 112 valence electrons. The van der Waals surface area contributed by atoms with Crippen LogP contribution >= 0.6 is 11.6 Å². The van der Waals surface area contributed by atoms with E-state index in [1.54, 1.807) is 0 Å². The average Bonchev–Trinajstić information content (AvgIpc) is 2.24. The van der Waals surface area contributed by atoms with Crippen LogP contribution in [0.3, 0.4) is 0 Å². The van der Waals surface area contributed by atoms with Gasteiger partial charge >= 0.3 is 5.97 Å². The van der Waals surface area contributed by atoms with E-state index in [4.69, 9.17) is 16.7 Å². The lowest BCUT2D eigenvalue weighted by molar-refractivity contribution is 0.0697. The highest BCUT2D eigenvalue weighted by molar-refractivity contribution is 7.92. The fourth-order valence-corrected chi connectivity index (χ4v) is 3.15. The number of nitrogens with one attached hydrogen (secondary N) is 1. The lowest BCUT2D eigenvalue weighted by atomic mass is 9.94. The molecule has 0 fully saturated rings. The maximum absolute atomic E-state index is 11.9. The molecule has 0 saturated heterocycles. The Bertz CT molecular complexity index is 605. The number of sulfonamides is 1. The summed E-state index contributed by atoms with van der Waals surface area (Å²) in [5.41, 5.74) is 0.109. The molecule has 0 radical (unpaired) electrons. The number of carboxylic acid groups (broad SMARTS) is 1. The molecule has 0 aromatic heterocycles. The lowest BCUT2D eigenvalue weighted by Gasteiger charge is -2.18. The minimum atomic E-state index is -3.47. The largest absolute Gasteiger partial charge is 0.478 e. The zero-order valence-corrected chi connectivity index (χ0v) is 13.2. The quantitative estimate of drug-likeness (QED) is 0.872. The van der Waals surface area contributed by atoms with Crippen molar-refractivity contribution in [2.75, 3.05) is 10.5 Å². The van der Waals surface area contributed by atoms with Crippen LogP contribution in [0.2, 0.25) is 5.02 Å². The number of hydrogen-bond acceptors (Lipinski definition) is 3. The van der Waals surface area contributed by atoms with Crippen molar-refractivity contribution in [1.82, 2.24) is 0 Å². The van der Waals surface area contributed by atoms with Gasteiger partial charge in [0.2, 0.25) is 10.0 Å². The second-order valence-electron chi connectivity index (χ2n) is 5.73. The molecular formula is C13H18ClNO4S. The van der Waals surface area contributed by atoms with E-state index in [-0.39, 0.29) is 27.4 Å². The van der Waals surface area contributed by atoms with Gasteiger partial charge in [0.1, 0.15) is 0 Å². The van der Waals surface area contributed by atoms with E-state index in [0.29, 0.717) is 6.42 Å². The van der Waals surface area contributed by atoms with Gasteiger partial charge in [0.05, 0.1) is 16.3 Å². The summed E-state index contributed by atoms with van der Waals surface area (Å²) in [6.07, 6.45) is 0.517. The van der Waals surface area contributed by atoms with E-state index >= 15 is 0 Å². The summed E-state index contributed by atoms with van der Waals surface area (Å²) in [7, 11) is -3.47. The number of anilines is 1. The summed E-state index contributed by atoms with van der Waals surface area (Å²) in [4.78, 5) is 10.8. The second-order valence-corrected chi connectivity index (χ2v) is 7.98. The summed E-state index contributed by atoms with van der Waals surface area (Å²) in [6, 6.07) is 3.94. The summed E-state index contributed by atoms with van der Waals surface area (Å²) in [6.45, 7) is 5.88. The van der Waals surface area contributed by atoms with Crippen LogP contribution < -0.4 is 4.72 Å². The maximum Gasteiger partial charge on any atom is 0.337 e. The fourth-order valence-electron chi connectivity index (χ4n) is 1.42. The molecule has 0 bridgehead atoms. The zero-order chi connectivity index (χ0) is 15.6. The number of benzene rings is 1. The molecule has 0 unspecified atom stereocenters. The van der Waals surface area contributed by atoms with Crippen molar-refractivity contribution in [3.05, 3.63) is 28.8 Å². The molecule has 5 nitrogen and oxygen atoms in total. The van der Waals surface area contributed by atoms with Crippen LogP contribution in [0, 0.1) is 5.41 Å². The van der Waals surface area contributed by atoms with Gasteiger partial charge in [-0.2, -0.15) is 0 Å². The van der Waals surface area contributed by atoms with Crippen LogP contribution in [0.25, 0.3) is 0 Å². The highest BCUT2D eigenvalue weighted by Gasteiger charge is 2.18. The van der Waals surface area contributed by atoms with Crippen LogP contribution in [-0.4, -0.2) is 25.2 Å². The van der Waals surface area contributed by atoms with Gasteiger partial charge in [-0.3, -0.25) is 4.72 Å². The van der Waals surface area contributed by atoms with Crippen LogP contribution in [0.1, 0.15) is 37.6 Å². The molecule has 0 spiro atoms. The molecular weight excluding hydrogens is 302 g/mol. The van der Waals surface area contributed by atoms with E-state index in [9.17, 15) is 13.2 Å². The maximum atomic E-state index is 11.9. The first-order valence-electron chi connectivity index (χ1n) is 6.03. The van der Waals surface area contributed by atoms with E-state index in [1.165, 1.54) is 18.2 Å². The Morgan fingerprint density at radius 3 is 2.40 bits per heavy atom. The Morgan fingerprint density at radius 1 is 1.35 bits per heavy atom. The predicted octanol–water partition coefficient (Wildman–Crippen LogP) is 3.22. The zero-order valence-electron chi connectivity index (χ0n) is 11.6. The van der Waals surface area contributed by atoms with Crippen molar-refractivity contribution < 1.29 is 18.3 Å². The lowest BCUT2D eigenvalue weighted by Crippen LogP contribution is -2.21. The fraction of sp³-hybridized carbons (Fsp3) is 0.462. The SMILES string of the molecule is CC(C)(C)CCS(=O)(=O)Nc1ccc(C(=O)O)c(Cl)c1. The van der Waals surface area contributed by atoms with Crippen molar-refractivity contribution >= 4 is 33.3 Å². The molecule has 1 aromatic carbocycles. The van der Waals surface area contributed by atoms with Crippen molar-refractivity contribution in [1.29, 1.82) is 0 Å². The second kappa shape index (κ2) is 6.01. The third-order valence-corrected chi connectivity index (χ3v) is 4.19. The van der Waals surface area contributed by atoms with Gasteiger partial charge in [-0.05, 0) is 30.0 Å². The minimum Gasteiger partial charge on any atom is -0.478 e. The van der Waals surface area contributed by atoms with Crippen LogP contribution in [-0.2, 0) is 10.0 Å². The van der Waals surface area contributed by atoms with E-state index < -0.39 is 16.0 Å². The van der Waals surface area contributed by atoms with Gasteiger partial charge in [-0.15, -0.1) is 0 Å². The van der Waals surface area contributed by atoms with Crippen molar-refractivity contribution in [3.8, 4) is 0 Å². The Hall–Kier alpha value is -1.27. The Kier molecular flexibility index (Phi) is 5.05. The third-order valence-electron chi connectivity index (χ3n) is 2.59. The van der Waals surface area contributed by atoms with Gasteiger partial charge in [-0.1, -0.05) is 32.4 Å². The minimum absolute atomic E-state index is 0.00516. The summed E-state index contributed by atoms with van der Waals surface area (Å²) in [5.74, 6) is -1.16. The van der Waals surface area contributed by atoms with Gasteiger partial charge < -0.3 is 5.11 Å². The highest BCUT2D eigenvalue weighted by atomic mass is 35.5. The Morgan fingerprint density at radius 2 is 1.95 bits per heavy atom. The number of rotatable bonds is 5. The molecule has 20 heavy (non-hydrogen) atoms. The average molecular weight is 320 g/mol. The standard InChI is InChI=1S/C13H18ClNO4S/c1-13(2,3)6-7-20(18,19)15-9-4-5-10(12(16)17)11(14)8-9/h4-5,8,15H,6-7H2,1-3H3,(H,16,17). The van der Waals surface area contributed by atoms with Crippen LogP contribution in [0.15, 0.2) is 18.2 Å². The first kappa shape index (κ1) is 16.8. The van der Waals surface area contributed by atoms with Crippen molar-refractivity contribution in [2.45, 2.75) is 27.2 Å². The van der Waals surface area contributed by atoms with Gasteiger partial charge in [0, 0.05) is 5.69 Å². The van der Waals surface area contributed by atoms with Crippen LogP contribution in [0.5, 0.6) is 0 Å². The predicted molar refractivity (Wildman–Crippen MR) is 79.9 cm³/mol. The molecule has 2 N–H and O–H groups in total. The van der Waals surface area contributed by atoms with Gasteiger partial charge in [0.25, 0.3) is 0 Å². The Balaban J connectivity index is 2.83. The molecule has 0 heterocycles. The molecule has 7 heteroatoms. The molecule has 0 atom stereocenters. The molecule has 1 aromatic rings. The van der Waals surface area contributed by atoms with E-state index in [2.05, 4.69) is 4.72 Å². The molecule has 0 aliphatic heterocycles. The smallest absolute Gasteiger partial charge is 0.337 e. The first-order chi connectivity index (χ1) is 9.00. The number of carboxylic acids is 1. The first-order valence-corrected chi connectivity index (χ1v) is 8.06. The monoisotopic (exact) mass is 319 g/mol. The Labute approximate surface area is 124 Å². The number of aromatic carboxylic acids is 1.